The fourth-order valence-electron chi connectivity index (χ4n) is 1.60. The van der Waals surface area contributed by atoms with Gasteiger partial charge in [-0.15, -0.1) is 12.4 Å². The van der Waals surface area contributed by atoms with Gasteiger partial charge in [-0.3, -0.25) is 9.59 Å². The van der Waals surface area contributed by atoms with E-state index in [9.17, 15) is 18.4 Å². The minimum absolute atomic E-state index is 0. The largest absolute Gasteiger partial charge is 0.352 e. The predicted octanol–water partition coefficient (Wildman–Crippen LogP) is 2.21. The first-order valence-electron chi connectivity index (χ1n) is 7.28. The first-order chi connectivity index (χ1) is 10.5. The highest BCUT2D eigenvalue weighted by molar-refractivity contribution is 5.97. The number of hydrogen-bond donors (Lipinski definition) is 3. The lowest BCUT2D eigenvalue weighted by Crippen LogP contribution is -2.41. The van der Waals surface area contributed by atoms with Crippen LogP contribution in [-0.2, 0) is 0 Å². The van der Waals surface area contributed by atoms with Gasteiger partial charge in [0.05, 0.1) is 13.1 Å². The molecule has 5 nitrogen and oxygen atoms in total. The number of carbonyl (C=O) groups is 2. The van der Waals surface area contributed by atoms with E-state index in [1.165, 1.54) is 24.3 Å². The molecule has 0 aliphatic rings. The van der Waals surface area contributed by atoms with E-state index in [0.717, 1.165) is 0 Å². The minimum Gasteiger partial charge on any atom is -0.352 e. The highest BCUT2D eigenvalue weighted by Gasteiger charge is 2.27. The summed E-state index contributed by atoms with van der Waals surface area (Å²) < 4.78 is 26.0. The molecule has 0 aromatic heterocycles. The van der Waals surface area contributed by atoms with Crippen LogP contribution in [0.4, 0.5) is 8.78 Å². The molecule has 136 valence electrons. The Hall–Kier alpha value is -1.73. The summed E-state index contributed by atoms with van der Waals surface area (Å²) in [6, 6.07) is 5.80. The van der Waals surface area contributed by atoms with Crippen LogP contribution in [-0.4, -0.2) is 37.4 Å². The third kappa shape index (κ3) is 7.70. The fraction of sp³-hybridized carbons (Fsp3) is 0.500. The molecule has 0 unspecified atom stereocenters. The number of amides is 2. The SMILES string of the molecule is CC(C)(C)CNC(=O)c1ccc(C(=O)NCC(F)(F)CN)cc1.Cl. The van der Waals surface area contributed by atoms with Crippen molar-refractivity contribution in [2.24, 2.45) is 11.1 Å². The molecule has 0 radical (unpaired) electrons. The Balaban J connectivity index is 0.00000529. The van der Waals surface area contributed by atoms with Gasteiger partial charge in [-0.25, -0.2) is 8.78 Å². The quantitative estimate of drug-likeness (QED) is 0.724. The summed E-state index contributed by atoms with van der Waals surface area (Å²) in [6.45, 7) is 4.85. The Morgan fingerprint density at radius 1 is 0.958 bits per heavy atom. The van der Waals surface area contributed by atoms with E-state index >= 15 is 0 Å². The molecule has 0 saturated heterocycles. The topological polar surface area (TPSA) is 84.2 Å². The van der Waals surface area contributed by atoms with E-state index in [-0.39, 0.29) is 29.3 Å². The van der Waals surface area contributed by atoms with Crippen LogP contribution in [0.2, 0.25) is 0 Å². The molecule has 0 aliphatic heterocycles. The molecule has 0 atom stereocenters. The Kier molecular flexibility index (Phi) is 8.29. The summed E-state index contributed by atoms with van der Waals surface area (Å²) in [5, 5.41) is 4.90. The van der Waals surface area contributed by atoms with Crippen molar-refractivity contribution in [1.82, 2.24) is 10.6 Å². The molecule has 0 aliphatic carbocycles. The van der Waals surface area contributed by atoms with E-state index in [2.05, 4.69) is 10.6 Å². The smallest absolute Gasteiger partial charge is 0.277 e. The molecule has 0 spiro atoms. The van der Waals surface area contributed by atoms with Crippen LogP contribution in [0, 0.1) is 5.41 Å². The van der Waals surface area contributed by atoms with E-state index in [4.69, 9.17) is 5.73 Å². The number of halogens is 3. The number of nitrogens with two attached hydrogens (primary N) is 1. The van der Waals surface area contributed by atoms with Crippen LogP contribution in [0.3, 0.4) is 0 Å². The molecule has 0 saturated carbocycles. The van der Waals surface area contributed by atoms with Crippen LogP contribution >= 0.6 is 12.4 Å². The summed E-state index contributed by atoms with van der Waals surface area (Å²) in [7, 11) is 0. The number of carbonyl (C=O) groups excluding carboxylic acids is 2. The van der Waals surface area contributed by atoms with Gasteiger partial charge >= 0.3 is 0 Å². The minimum atomic E-state index is -3.14. The molecule has 1 aromatic carbocycles. The van der Waals surface area contributed by atoms with Crippen molar-refractivity contribution in [2.45, 2.75) is 26.7 Å². The second-order valence-corrected chi connectivity index (χ2v) is 6.56. The highest BCUT2D eigenvalue weighted by atomic mass is 35.5. The fourth-order valence-corrected chi connectivity index (χ4v) is 1.60. The van der Waals surface area contributed by atoms with Crippen molar-refractivity contribution in [3.05, 3.63) is 35.4 Å². The summed E-state index contributed by atoms with van der Waals surface area (Å²) in [4.78, 5) is 23.7. The van der Waals surface area contributed by atoms with Crippen molar-refractivity contribution in [2.75, 3.05) is 19.6 Å². The van der Waals surface area contributed by atoms with Crippen molar-refractivity contribution in [3.63, 3.8) is 0 Å². The normalized spacial score (nSPS) is 11.4. The summed E-state index contributed by atoms with van der Waals surface area (Å²) in [5.74, 6) is -4.02. The van der Waals surface area contributed by atoms with Gasteiger partial charge in [-0.05, 0) is 29.7 Å². The molecule has 24 heavy (non-hydrogen) atoms. The highest BCUT2D eigenvalue weighted by Crippen LogP contribution is 2.12. The third-order valence-electron chi connectivity index (χ3n) is 2.99. The van der Waals surface area contributed by atoms with Crippen LogP contribution in [0.5, 0.6) is 0 Å². The Labute approximate surface area is 146 Å². The van der Waals surface area contributed by atoms with Gasteiger partial charge in [-0.2, -0.15) is 0 Å². The van der Waals surface area contributed by atoms with Crippen LogP contribution in [0.15, 0.2) is 24.3 Å². The van der Waals surface area contributed by atoms with Gasteiger partial charge in [0, 0.05) is 17.7 Å². The zero-order valence-electron chi connectivity index (χ0n) is 14.0. The van der Waals surface area contributed by atoms with Gasteiger partial charge in [0.2, 0.25) is 0 Å². The number of rotatable bonds is 6. The lowest BCUT2D eigenvalue weighted by atomic mass is 9.97. The van der Waals surface area contributed by atoms with Crippen molar-refractivity contribution < 1.29 is 18.4 Å². The monoisotopic (exact) mass is 363 g/mol. The molecule has 4 N–H and O–H groups in total. The van der Waals surface area contributed by atoms with Gasteiger partial charge < -0.3 is 16.4 Å². The van der Waals surface area contributed by atoms with Gasteiger partial charge in [-0.1, -0.05) is 20.8 Å². The zero-order valence-corrected chi connectivity index (χ0v) is 14.8. The number of nitrogens with one attached hydrogen (secondary N) is 2. The summed E-state index contributed by atoms with van der Waals surface area (Å²) >= 11 is 0. The molecule has 0 bridgehead atoms. The van der Waals surface area contributed by atoms with Gasteiger partial charge in [0.15, 0.2) is 0 Å². The van der Waals surface area contributed by atoms with Crippen LogP contribution < -0.4 is 16.4 Å². The van der Waals surface area contributed by atoms with Crippen molar-refractivity contribution >= 4 is 24.2 Å². The molecular formula is C16H24ClF2N3O2. The van der Waals surface area contributed by atoms with E-state index in [1.807, 2.05) is 20.8 Å². The second kappa shape index (κ2) is 8.94. The van der Waals surface area contributed by atoms with Gasteiger partial charge in [0.1, 0.15) is 0 Å². The summed E-state index contributed by atoms with van der Waals surface area (Å²) in [5.41, 5.74) is 5.46. The van der Waals surface area contributed by atoms with Crippen LogP contribution in [0.1, 0.15) is 41.5 Å². The molecule has 0 fully saturated rings. The molecule has 2 amide bonds. The Morgan fingerprint density at radius 3 is 1.67 bits per heavy atom. The lowest BCUT2D eigenvalue weighted by Gasteiger charge is -2.18. The standard InChI is InChI=1S/C16H23F2N3O2.ClH/c1-15(2,3)9-20-13(22)11-4-6-12(7-5-11)14(23)21-10-16(17,18)8-19;/h4-7H,8-10,19H2,1-3H3,(H,20,22)(H,21,23);1H. The number of hydrogen-bond acceptors (Lipinski definition) is 3. The number of benzene rings is 1. The van der Waals surface area contributed by atoms with Crippen molar-refractivity contribution in [3.8, 4) is 0 Å². The van der Waals surface area contributed by atoms with Gasteiger partial charge in [0.25, 0.3) is 17.7 Å². The average Bonchev–Trinajstić information content (AvgIpc) is 2.50. The van der Waals surface area contributed by atoms with E-state index < -0.39 is 24.9 Å². The lowest BCUT2D eigenvalue weighted by molar-refractivity contribution is 0.0118. The molecule has 0 heterocycles. The maximum Gasteiger partial charge on any atom is 0.277 e. The average molecular weight is 364 g/mol. The second-order valence-electron chi connectivity index (χ2n) is 6.56. The first-order valence-corrected chi connectivity index (χ1v) is 7.28. The van der Waals surface area contributed by atoms with Crippen molar-refractivity contribution in [1.29, 1.82) is 0 Å². The van der Waals surface area contributed by atoms with Crippen LogP contribution in [0.25, 0.3) is 0 Å². The molecule has 1 aromatic rings. The summed E-state index contributed by atoms with van der Waals surface area (Å²) in [6.07, 6.45) is 0. The Bertz CT molecular complexity index is 557. The van der Waals surface area contributed by atoms with E-state index in [0.29, 0.717) is 12.1 Å². The zero-order chi connectivity index (χ0) is 17.7. The van der Waals surface area contributed by atoms with E-state index in [1.54, 1.807) is 0 Å². The molecule has 8 heteroatoms. The maximum absolute atomic E-state index is 13.0. The number of alkyl halides is 2. The molecule has 1 rings (SSSR count). The third-order valence-corrected chi connectivity index (χ3v) is 2.99. The molecular weight excluding hydrogens is 340 g/mol. The predicted molar refractivity (Wildman–Crippen MR) is 91.8 cm³/mol. The Morgan fingerprint density at radius 2 is 1.33 bits per heavy atom. The first kappa shape index (κ1) is 22.3. The maximum atomic E-state index is 13.0.